The van der Waals surface area contributed by atoms with Crippen molar-refractivity contribution in [1.29, 1.82) is 0 Å². The first-order chi connectivity index (χ1) is 8.18. The fraction of sp³-hybridized carbons (Fsp3) is 1.00. The van der Waals surface area contributed by atoms with Crippen LogP contribution < -0.4 is 0 Å². The van der Waals surface area contributed by atoms with E-state index in [0.29, 0.717) is 0 Å². The predicted octanol–water partition coefficient (Wildman–Crippen LogP) is 6.64. The lowest BCUT2D eigenvalue weighted by atomic mass is 10.2. The molecular weight excluding hydrogens is 220 g/mol. The summed E-state index contributed by atoms with van der Waals surface area (Å²) in [6.45, 7) is 9.67. The zero-order chi connectivity index (χ0) is 13.0. The second-order valence-corrected chi connectivity index (χ2v) is 11.3. The van der Waals surface area contributed by atoms with Crippen LogP contribution in [-0.4, -0.2) is 8.07 Å². The third-order valence-corrected chi connectivity index (χ3v) is 8.83. The Balaban J connectivity index is 3.82. The summed E-state index contributed by atoms with van der Waals surface area (Å²) >= 11 is 0. The average Bonchev–Trinajstić information content (AvgIpc) is 2.34. The Morgan fingerprint density at radius 2 is 0.941 bits per heavy atom. The summed E-state index contributed by atoms with van der Waals surface area (Å²) in [6, 6.07) is 4.80. The second kappa shape index (κ2) is 11.3. The molecule has 0 saturated heterocycles. The van der Waals surface area contributed by atoms with Gasteiger partial charge in [0.25, 0.3) is 0 Å². The molecule has 1 heteroatoms. The second-order valence-electron chi connectivity index (χ2n) is 6.18. The molecule has 0 heterocycles. The fourth-order valence-electron chi connectivity index (χ4n) is 2.74. The Bertz CT molecular complexity index is 146. The molecule has 0 saturated carbocycles. The Morgan fingerprint density at radius 1 is 0.529 bits per heavy atom. The highest BCUT2D eigenvalue weighted by Crippen LogP contribution is 2.28. The molecule has 0 atom stereocenters. The molecule has 0 aliphatic heterocycles. The highest BCUT2D eigenvalue weighted by molar-refractivity contribution is 6.78. The van der Waals surface area contributed by atoms with Crippen LogP contribution in [-0.2, 0) is 0 Å². The lowest BCUT2D eigenvalue weighted by Gasteiger charge is -2.27. The molecule has 0 spiro atoms. The van der Waals surface area contributed by atoms with Crippen molar-refractivity contribution in [2.75, 3.05) is 0 Å². The van der Waals surface area contributed by atoms with Gasteiger partial charge >= 0.3 is 0 Å². The summed E-state index contributed by atoms with van der Waals surface area (Å²) in [5.74, 6) is 0. The van der Waals surface area contributed by atoms with E-state index in [2.05, 4.69) is 27.3 Å². The van der Waals surface area contributed by atoms with Gasteiger partial charge in [0, 0.05) is 0 Å². The van der Waals surface area contributed by atoms with Gasteiger partial charge in [0.2, 0.25) is 0 Å². The summed E-state index contributed by atoms with van der Waals surface area (Å²) in [6.07, 6.45) is 13.1. The van der Waals surface area contributed by atoms with Crippen LogP contribution in [0.4, 0.5) is 0 Å². The van der Waals surface area contributed by atoms with E-state index in [1.165, 1.54) is 57.8 Å². The van der Waals surface area contributed by atoms with E-state index in [1.54, 1.807) is 18.1 Å². The van der Waals surface area contributed by atoms with Crippen LogP contribution in [0.2, 0.25) is 24.7 Å². The van der Waals surface area contributed by atoms with Gasteiger partial charge in [-0.15, -0.1) is 0 Å². The molecule has 0 unspecified atom stereocenters. The summed E-state index contributed by atoms with van der Waals surface area (Å²) in [4.78, 5) is 0. The Morgan fingerprint density at radius 3 is 1.41 bits per heavy atom. The molecule has 0 aromatic heterocycles. The normalized spacial score (nSPS) is 12.0. The quantitative estimate of drug-likeness (QED) is 0.271. The van der Waals surface area contributed by atoms with Crippen LogP contribution in [0, 0.1) is 0 Å². The summed E-state index contributed by atoms with van der Waals surface area (Å²) in [5, 5.41) is 0. The van der Waals surface area contributed by atoms with Crippen molar-refractivity contribution in [3.8, 4) is 0 Å². The van der Waals surface area contributed by atoms with E-state index in [0.717, 1.165) is 0 Å². The Hall–Kier alpha value is 0.217. The minimum Gasteiger partial charge on any atom is -0.0691 e. The lowest BCUT2D eigenvalue weighted by Crippen LogP contribution is -2.29. The first kappa shape index (κ1) is 17.2. The molecule has 0 bridgehead atoms. The molecule has 0 aromatic rings. The first-order valence-electron chi connectivity index (χ1n) is 8.18. The molecule has 0 rings (SSSR count). The number of rotatable bonds is 12. The maximum Gasteiger partial charge on any atom is 0.0504 e. The molecule has 0 aliphatic carbocycles. The number of hydrogen-bond acceptors (Lipinski definition) is 0. The van der Waals surface area contributed by atoms with E-state index in [4.69, 9.17) is 0 Å². The zero-order valence-electron chi connectivity index (χ0n) is 13.0. The largest absolute Gasteiger partial charge is 0.0691 e. The third kappa shape index (κ3) is 9.88. The zero-order valence-corrected chi connectivity index (χ0v) is 14.0. The van der Waals surface area contributed by atoms with Crippen LogP contribution in [0.15, 0.2) is 0 Å². The van der Waals surface area contributed by atoms with Gasteiger partial charge in [-0.3, -0.25) is 0 Å². The van der Waals surface area contributed by atoms with Crippen LogP contribution in [0.5, 0.6) is 0 Å². The lowest BCUT2D eigenvalue weighted by molar-refractivity contribution is 0.649. The van der Waals surface area contributed by atoms with Crippen molar-refractivity contribution < 1.29 is 0 Å². The first-order valence-corrected chi connectivity index (χ1v) is 11.3. The molecule has 0 fully saturated rings. The predicted molar refractivity (Wildman–Crippen MR) is 84.6 cm³/mol. The van der Waals surface area contributed by atoms with Gasteiger partial charge in [-0.1, -0.05) is 103 Å². The molecular formula is C16H36Si. The van der Waals surface area contributed by atoms with Gasteiger partial charge in [-0.05, 0) is 0 Å². The molecule has 104 valence electrons. The van der Waals surface area contributed by atoms with E-state index >= 15 is 0 Å². The monoisotopic (exact) mass is 256 g/mol. The van der Waals surface area contributed by atoms with E-state index in [9.17, 15) is 0 Å². The van der Waals surface area contributed by atoms with Crippen molar-refractivity contribution in [2.24, 2.45) is 0 Å². The minimum atomic E-state index is -0.852. The van der Waals surface area contributed by atoms with Gasteiger partial charge < -0.3 is 0 Å². The maximum absolute atomic E-state index is 2.68. The van der Waals surface area contributed by atoms with Crippen molar-refractivity contribution in [2.45, 2.75) is 103 Å². The van der Waals surface area contributed by atoms with Crippen molar-refractivity contribution >= 4 is 8.07 Å². The Labute approximate surface area is 112 Å². The highest BCUT2D eigenvalue weighted by Gasteiger charge is 2.24. The third-order valence-electron chi connectivity index (χ3n) is 4.15. The van der Waals surface area contributed by atoms with E-state index in [1.807, 2.05) is 0 Å². The van der Waals surface area contributed by atoms with Gasteiger partial charge in [-0.25, -0.2) is 0 Å². The molecule has 0 nitrogen and oxygen atoms in total. The smallest absolute Gasteiger partial charge is 0.0504 e. The molecule has 17 heavy (non-hydrogen) atoms. The van der Waals surface area contributed by atoms with Crippen LogP contribution in [0.3, 0.4) is 0 Å². The van der Waals surface area contributed by atoms with E-state index < -0.39 is 8.07 Å². The molecule has 0 amide bonds. The number of hydrogen-bond donors (Lipinski definition) is 0. The molecule has 0 radical (unpaired) electrons. The number of unbranched alkanes of at least 4 members (excludes halogenated alkanes) is 6. The SMILES string of the molecule is CCCCCCC[Si](C)(CCCC)CCCC. The van der Waals surface area contributed by atoms with Crippen molar-refractivity contribution in [3.05, 3.63) is 0 Å². The van der Waals surface area contributed by atoms with Gasteiger partial charge in [0.15, 0.2) is 0 Å². The van der Waals surface area contributed by atoms with Crippen LogP contribution >= 0.6 is 0 Å². The van der Waals surface area contributed by atoms with Gasteiger partial charge in [0.1, 0.15) is 0 Å². The molecule has 0 aliphatic rings. The van der Waals surface area contributed by atoms with Crippen molar-refractivity contribution in [1.82, 2.24) is 0 Å². The van der Waals surface area contributed by atoms with Gasteiger partial charge in [-0.2, -0.15) is 0 Å². The Kier molecular flexibility index (Phi) is 11.5. The highest BCUT2D eigenvalue weighted by atomic mass is 28.3. The fourth-order valence-corrected chi connectivity index (χ4v) is 7.01. The summed E-state index contributed by atoms with van der Waals surface area (Å²) < 4.78 is 0. The molecule has 0 N–H and O–H groups in total. The molecule has 0 aromatic carbocycles. The standard InChI is InChI=1S/C16H36Si/c1-5-8-11-12-13-16-17(4,14-9-6-2)15-10-7-3/h5-16H2,1-4H3. The van der Waals surface area contributed by atoms with E-state index in [-0.39, 0.29) is 0 Å². The van der Waals surface area contributed by atoms with Crippen LogP contribution in [0.25, 0.3) is 0 Å². The maximum atomic E-state index is 2.68. The topological polar surface area (TPSA) is 0 Å². The van der Waals surface area contributed by atoms with Gasteiger partial charge in [0.05, 0.1) is 8.07 Å². The minimum absolute atomic E-state index is 0.852. The summed E-state index contributed by atoms with van der Waals surface area (Å²) in [5.41, 5.74) is 0. The van der Waals surface area contributed by atoms with Crippen molar-refractivity contribution in [3.63, 3.8) is 0 Å². The summed E-state index contributed by atoms with van der Waals surface area (Å²) in [7, 11) is -0.852. The average molecular weight is 257 g/mol. The van der Waals surface area contributed by atoms with Crippen LogP contribution in [0.1, 0.15) is 78.6 Å².